The third-order valence-corrected chi connectivity index (χ3v) is 8.93. The van der Waals surface area contributed by atoms with Gasteiger partial charge in [-0.05, 0) is 37.3 Å². The Labute approximate surface area is 261 Å². The summed E-state index contributed by atoms with van der Waals surface area (Å²) in [6.45, 7) is 1.73. The number of amides is 2. The van der Waals surface area contributed by atoms with Crippen molar-refractivity contribution in [3.8, 4) is 28.7 Å². The number of nitrogens with one attached hydrogen (secondary N) is 1. The molecule has 12 nitrogen and oxygen atoms in total. The first-order valence-electron chi connectivity index (χ1n) is 14.7. The highest BCUT2D eigenvalue weighted by molar-refractivity contribution is 5.94. The molecule has 5 heterocycles. The third kappa shape index (κ3) is 5.10. The maximum Gasteiger partial charge on any atom is 0.586 e. The minimum absolute atomic E-state index is 0.0267. The number of nitrogens with zero attached hydrogens (tertiary/aromatic N) is 2. The Morgan fingerprint density at radius 3 is 2.54 bits per heavy atom. The molecule has 4 aliphatic heterocycles. The molecule has 7 rings (SSSR count). The number of β-amino-alcohol motifs (C(OH)–C–C–N with tert-alkyl or cyclic N) is 1. The summed E-state index contributed by atoms with van der Waals surface area (Å²) >= 11 is 0. The second kappa shape index (κ2) is 10.7. The van der Waals surface area contributed by atoms with Crippen LogP contribution in [0.3, 0.4) is 0 Å². The molecule has 0 radical (unpaired) electrons. The molecule has 14 heteroatoms. The van der Waals surface area contributed by atoms with Crippen molar-refractivity contribution in [2.45, 2.75) is 49.2 Å². The zero-order valence-electron chi connectivity index (χ0n) is 24.9. The number of hydrogen-bond donors (Lipinski definition) is 3. The van der Waals surface area contributed by atoms with Gasteiger partial charge in [0, 0.05) is 48.9 Å². The summed E-state index contributed by atoms with van der Waals surface area (Å²) in [5.74, 6) is 0.246. The van der Waals surface area contributed by atoms with E-state index >= 15 is 0 Å². The number of alkyl halides is 2. The molecule has 3 aromatic rings. The van der Waals surface area contributed by atoms with Crippen LogP contribution >= 0.6 is 0 Å². The maximum atomic E-state index is 13.9. The Hall–Kier alpha value is -4.69. The van der Waals surface area contributed by atoms with E-state index in [2.05, 4.69) is 19.8 Å². The Morgan fingerprint density at radius 1 is 1.09 bits per heavy atom. The number of aliphatic hydroxyl groups excluding tert-OH is 1. The number of likely N-dealkylation sites (tertiary alicyclic amines) is 1. The molecule has 0 bridgehead atoms. The molecule has 0 unspecified atom stereocenters. The fourth-order valence-electron chi connectivity index (χ4n) is 6.30. The number of fused-ring (bicyclic) bond motifs is 3. The molecule has 0 spiro atoms. The van der Waals surface area contributed by atoms with Crippen LogP contribution in [0.4, 0.5) is 8.78 Å². The molecule has 1 saturated heterocycles. The highest BCUT2D eigenvalue weighted by Crippen LogP contribution is 2.50. The van der Waals surface area contributed by atoms with E-state index < -0.39 is 35.4 Å². The monoisotopic (exact) mass is 639 g/mol. The van der Waals surface area contributed by atoms with Crippen molar-refractivity contribution < 1.29 is 52.3 Å². The van der Waals surface area contributed by atoms with Gasteiger partial charge < -0.3 is 44.1 Å². The molecule has 242 valence electrons. The van der Waals surface area contributed by atoms with E-state index in [9.17, 15) is 23.5 Å². The molecular weight excluding hydrogens is 608 g/mol. The lowest BCUT2D eigenvalue weighted by molar-refractivity contribution is -0.286. The predicted octanol–water partition coefficient (Wildman–Crippen LogP) is 3.01. The van der Waals surface area contributed by atoms with Crippen LogP contribution < -0.4 is 29.0 Å². The number of hydrogen-bond acceptors (Lipinski definition) is 10. The van der Waals surface area contributed by atoms with Crippen molar-refractivity contribution in [3.63, 3.8) is 0 Å². The minimum atomic E-state index is -3.81. The molecule has 1 aromatic heterocycles. The fraction of sp³-hybridized carbons (Fsp3) is 0.406. The van der Waals surface area contributed by atoms with Gasteiger partial charge in [-0.1, -0.05) is 0 Å². The van der Waals surface area contributed by atoms with Gasteiger partial charge in [-0.2, -0.15) is 0 Å². The summed E-state index contributed by atoms with van der Waals surface area (Å²) < 4.78 is 54.0. The summed E-state index contributed by atoms with van der Waals surface area (Å²) in [6.07, 6.45) is -2.48. The van der Waals surface area contributed by atoms with Crippen molar-refractivity contribution in [1.82, 2.24) is 15.2 Å². The van der Waals surface area contributed by atoms with Crippen LogP contribution in [0.1, 0.15) is 59.1 Å². The fourth-order valence-corrected chi connectivity index (χ4v) is 6.30. The molecule has 46 heavy (non-hydrogen) atoms. The molecule has 1 fully saturated rings. The zero-order valence-corrected chi connectivity index (χ0v) is 24.9. The van der Waals surface area contributed by atoms with Crippen molar-refractivity contribution in [3.05, 3.63) is 71.0 Å². The van der Waals surface area contributed by atoms with E-state index in [-0.39, 0.29) is 55.9 Å². The first-order chi connectivity index (χ1) is 21.9. The summed E-state index contributed by atoms with van der Waals surface area (Å²) in [5, 5.41) is 22.5. The smallest absolute Gasteiger partial charge is 0.497 e. The predicted molar refractivity (Wildman–Crippen MR) is 154 cm³/mol. The van der Waals surface area contributed by atoms with Gasteiger partial charge in [-0.3, -0.25) is 14.6 Å². The van der Waals surface area contributed by atoms with Gasteiger partial charge in [0.15, 0.2) is 11.5 Å². The number of pyridine rings is 1. The number of halogens is 2. The Morgan fingerprint density at radius 2 is 1.85 bits per heavy atom. The largest absolute Gasteiger partial charge is 0.586 e. The summed E-state index contributed by atoms with van der Waals surface area (Å²) in [7, 11) is 1.53. The van der Waals surface area contributed by atoms with Crippen molar-refractivity contribution in [1.29, 1.82) is 0 Å². The van der Waals surface area contributed by atoms with E-state index in [1.54, 1.807) is 37.3 Å². The van der Waals surface area contributed by atoms with Gasteiger partial charge in [-0.25, -0.2) is 0 Å². The molecule has 4 aliphatic rings. The number of aromatic nitrogens is 1. The second-order valence-electron chi connectivity index (χ2n) is 12.2. The van der Waals surface area contributed by atoms with Crippen molar-refractivity contribution in [2.24, 2.45) is 0 Å². The number of ether oxygens (including phenoxy) is 5. The molecule has 3 N–H and O–H groups in total. The highest BCUT2D eigenvalue weighted by Gasteiger charge is 2.50. The van der Waals surface area contributed by atoms with Crippen LogP contribution in [0.5, 0.6) is 28.7 Å². The van der Waals surface area contributed by atoms with Gasteiger partial charge in [-0.15, -0.1) is 8.78 Å². The molecule has 3 atom stereocenters. The highest BCUT2D eigenvalue weighted by atomic mass is 19.3. The number of carbonyl (C=O) groups excluding carboxylic acids is 2. The number of carbonyl (C=O) groups is 2. The van der Waals surface area contributed by atoms with Crippen LogP contribution in [0.25, 0.3) is 0 Å². The van der Waals surface area contributed by atoms with Crippen LogP contribution in [-0.2, 0) is 10.2 Å². The second-order valence-corrected chi connectivity index (χ2v) is 12.2. The van der Waals surface area contributed by atoms with Crippen LogP contribution in [0.2, 0.25) is 0 Å². The van der Waals surface area contributed by atoms with E-state index in [0.717, 1.165) is 0 Å². The molecule has 2 aromatic carbocycles. The SMILES string of the molecule is COc1ccc2c(c1)O[C@@H](c1ccc(C(=O)N3CC(O)(CCO)C3)cn1)C[C@H]2NC(=O)[C@@]1(C)COc2cc3c(cc21)OC(F)(F)O3. The summed E-state index contributed by atoms with van der Waals surface area (Å²) in [4.78, 5) is 32.8. The number of methoxy groups -OCH3 is 1. The first kappa shape index (κ1) is 30.0. The summed E-state index contributed by atoms with van der Waals surface area (Å²) in [6, 6.07) is 10.7. The minimum Gasteiger partial charge on any atom is -0.497 e. The molecule has 2 amide bonds. The van der Waals surface area contributed by atoms with Crippen molar-refractivity contribution in [2.75, 3.05) is 33.4 Å². The van der Waals surface area contributed by atoms with Gasteiger partial charge in [0.05, 0.1) is 37.5 Å². The molecular formula is C32H31F2N3O9. The standard InChI is InChI=1S/C32H31F2N3O9/c1-30(16-43-24-12-27-26(10-20(24)30)45-32(33,34)46-27)29(40)36-22-11-25(44-23-9-18(42-2)4-5-19(22)23)21-6-3-17(13-35-21)28(39)37-14-31(41,15-37)7-8-38/h3-6,9-10,12-13,22,25,38,41H,7-8,11,14-16H2,1-2H3,(H,36,40)/t22-,25-,30+/m1/s1. The number of rotatable bonds is 7. The normalized spacial score (nSPS) is 24.5. The average molecular weight is 640 g/mol. The molecule has 0 aliphatic carbocycles. The number of aliphatic hydroxyl groups is 2. The topological polar surface area (TPSA) is 149 Å². The Bertz CT molecular complexity index is 1710. The lowest BCUT2D eigenvalue weighted by Crippen LogP contribution is -2.63. The lowest BCUT2D eigenvalue weighted by Gasteiger charge is -2.46. The zero-order chi connectivity index (χ0) is 32.4. The van der Waals surface area contributed by atoms with Gasteiger partial charge in [0.2, 0.25) is 5.91 Å². The summed E-state index contributed by atoms with van der Waals surface area (Å²) in [5.41, 5.74) is -0.349. The van der Waals surface area contributed by atoms with E-state index in [1.165, 1.54) is 30.3 Å². The van der Waals surface area contributed by atoms with Crippen LogP contribution in [0.15, 0.2) is 48.7 Å². The van der Waals surface area contributed by atoms with E-state index in [0.29, 0.717) is 40.3 Å². The van der Waals surface area contributed by atoms with Gasteiger partial charge in [0.25, 0.3) is 5.91 Å². The quantitative estimate of drug-likeness (QED) is 0.352. The Kier molecular flexibility index (Phi) is 6.97. The lowest BCUT2D eigenvalue weighted by atomic mass is 9.82. The van der Waals surface area contributed by atoms with E-state index in [1.807, 2.05) is 0 Å². The Balaban J connectivity index is 1.11. The number of benzene rings is 2. The molecule has 0 saturated carbocycles. The average Bonchev–Trinajstić information content (AvgIpc) is 3.52. The van der Waals surface area contributed by atoms with Crippen LogP contribution in [0, 0.1) is 0 Å². The third-order valence-electron chi connectivity index (χ3n) is 8.93. The first-order valence-corrected chi connectivity index (χ1v) is 14.7. The van der Waals surface area contributed by atoms with Gasteiger partial charge in [0.1, 0.15) is 41.0 Å². The maximum absolute atomic E-state index is 13.9. The van der Waals surface area contributed by atoms with E-state index in [4.69, 9.17) is 19.3 Å². The van der Waals surface area contributed by atoms with Crippen LogP contribution in [-0.4, -0.2) is 77.2 Å². The van der Waals surface area contributed by atoms with Crippen molar-refractivity contribution >= 4 is 11.8 Å². The van der Waals surface area contributed by atoms with Gasteiger partial charge >= 0.3 is 6.29 Å².